The van der Waals surface area contributed by atoms with E-state index in [2.05, 4.69) is 32.0 Å². The second-order valence-electron chi connectivity index (χ2n) is 4.69. The van der Waals surface area contributed by atoms with Gasteiger partial charge in [0.25, 0.3) is 0 Å². The number of rotatable bonds is 2. The van der Waals surface area contributed by atoms with Gasteiger partial charge in [0.05, 0.1) is 6.42 Å². The lowest BCUT2D eigenvalue weighted by Crippen LogP contribution is -2.29. The maximum Gasteiger partial charge on any atom is 0.226 e. The zero-order valence-electron chi connectivity index (χ0n) is 10.1. The van der Waals surface area contributed by atoms with Gasteiger partial charge in [-0.05, 0) is 37.8 Å². The molecule has 1 aromatic carbocycles. The van der Waals surface area contributed by atoms with Crippen LogP contribution in [0.1, 0.15) is 29.5 Å². The van der Waals surface area contributed by atoms with E-state index in [1.54, 1.807) is 0 Å². The van der Waals surface area contributed by atoms with Crippen LogP contribution < -0.4 is 0 Å². The Labute approximate surface area is 97.3 Å². The minimum atomic E-state index is 0.282. The Hall–Kier alpha value is -1.31. The number of amides is 1. The molecule has 16 heavy (non-hydrogen) atoms. The molecule has 0 aromatic heterocycles. The zero-order valence-corrected chi connectivity index (χ0v) is 10.1. The highest BCUT2D eigenvalue weighted by molar-refractivity contribution is 5.79. The fourth-order valence-electron chi connectivity index (χ4n) is 2.29. The molecule has 1 aromatic rings. The second-order valence-corrected chi connectivity index (χ2v) is 4.69. The third-order valence-corrected chi connectivity index (χ3v) is 3.30. The van der Waals surface area contributed by atoms with Crippen LogP contribution in [-0.2, 0) is 11.2 Å². The molecule has 1 fully saturated rings. The molecule has 0 aliphatic carbocycles. The van der Waals surface area contributed by atoms with Crippen molar-refractivity contribution in [2.24, 2.45) is 0 Å². The number of hydrogen-bond acceptors (Lipinski definition) is 1. The van der Waals surface area contributed by atoms with E-state index >= 15 is 0 Å². The van der Waals surface area contributed by atoms with Crippen molar-refractivity contribution in [3.05, 3.63) is 34.9 Å². The van der Waals surface area contributed by atoms with Crippen LogP contribution in [0.5, 0.6) is 0 Å². The van der Waals surface area contributed by atoms with Crippen LogP contribution in [-0.4, -0.2) is 23.9 Å². The molecule has 1 aliphatic rings. The summed E-state index contributed by atoms with van der Waals surface area (Å²) in [6.07, 6.45) is 2.89. The van der Waals surface area contributed by atoms with Crippen LogP contribution in [0, 0.1) is 13.8 Å². The van der Waals surface area contributed by atoms with Crippen molar-refractivity contribution in [1.82, 2.24) is 4.90 Å². The molecule has 0 bridgehead atoms. The van der Waals surface area contributed by atoms with E-state index in [9.17, 15) is 4.79 Å². The number of carbonyl (C=O) groups is 1. The van der Waals surface area contributed by atoms with E-state index in [-0.39, 0.29) is 5.91 Å². The van der Waals surface area contributed by atoms with Crippen molar-refractivity contribution in [3.8, 4) is 0 Å². The molecule has 1 aliphatic heterocycles. The maximum absolute atomic E-state index is 12.0. The van der Waals surface area contributed by atoms with Gasteiger partial charge < -0.3 is 4.90 Å². The summed E-state index contributed by atoms with van der Waals surface area (Å²) in [6, 6.07) is 6.31. The summed E-state index contributed by atoms with van der Waals surface area (Å²) in [6.45, 7) is 6.06. The average molecular weight is 217 g/mol. The maximum atomic E-state index is 12.0. The molecule has 0 N–H and O–H groups in total. The predicted molar refractivity (Wildman–Crippen MR) is 65.4 cm³/mol. The molecule has 0 unspecified atom stereocenters. The van der Waals surface area contributed by atoms with Gasteiger partial charge in [-0.15, -0.1) is 0 Å². The quantitative estimate of drug-likeness (QED) is 0.745. The van der Waals surface area contributed by atoms with E-state index in [1.807, 2.05) is 4.90 Å². The van der Waals surface area contributed by atoms with Gasteiger partial charge in [0.1, 0.15) is 0 Å². The Bertz CT molecular complexity index is 392. The monoisotopic (exact) mass is 217 g/mol. The summed E-state index contributed by atoms with van der Waals surface area (Å²) < 4.78 is 0. The largest absolute Gasteiger partial charge is 0.342 e. The standard InChI is InChI=1S/C14H19NO/c1-11-5-6-13(12(2)9-11)10-14(16)15-7-3-4-8-15/h5-6,9H,3-4,7-8,10H2,1-2H3. The minimum Gasteiger partial charge on any atom is -0.342 e. The predicted octanol–water partition coefficient (Wildman–Crippen LogP) is 2.47. The van der Waals surface area contributed by atoms with Crippen molar-refractivity contribution >= 4 is 5.91 Å². The first-order chi connectivity index (χ1) is 7.66. The zero-order chi connectivity index (χ0) is 11.5. The average Bonchev–Trinajstić information content (AvgIpc) is 2.75. The van der Waals surface area contributed by atoms with Gasteiger partial charge in [0, 0.05) is 13.1 Å². The van der Waals surface area contributed by atoms with E-state index in [0.717, 1.165) is 13.1 Å². The highest BCUT2D eigenvalue weighted by atomic mass is 16.2. The van der Waals surface area contributed by atoms with Crippen molar-refractivity contribution in [1.29, 1.82) is 0 Å². The molecule has 2 heteroatoms. The van der Waals surface area contributed by atoms with Crippen LogP contribution in [0.2, 0.25) is 0 Å². The Balaban J connectivity index is 2.05. The van der Waals surface area contributed by atoms with Gasteiger partial charge in [0.15, 0.2) is 0 Å². The fourth-order valence-corrected chi connectivity index (χ4v) is 2.29. The molecule has 0 atom stereocenters. The molecule has 2 rings (SSSR count). The normalized spacial score (nSPS) is 15.5. The third kappa shape index (κ3) is 2.43. The van der Waals surface area contributed by atoms with Crippen LogP contribution in [0.3, 0.4) is 0 Å². The summed E-state index contributed by atoms with van der Waals surface area (Å²) in [4.78, 5) is 14.0. The first-order valence-electron chi connectivity index (χ1n) is 6.01. The lowest BCUT2D eigenvalue weighted by Gasteiger charge is -2.16. The van der Waals surface area contributed by atoms with Crippen molar-refractivity contribution < 1.29 is 4.79 Å². The summed E-state index contributed by atoms with van der Waals surface area (Å²) >= 11 is 0. The first kappa shape index (κ1) is 11.2. The summed E-state index contributed by atoms with van der Waals surface area (Å²) in [5, 5.41) is 0. The van der Waals surface area contributed by atoms with Crippen molar-refractivity contribution in [2.45, 2.75) is 33.1 Å². The topological polar surface area (TPSA) is 20.3 Å². The number of benzene rings is 1. The smallest absolute Gasteiger partial charge is 0.226 e. The number of carbonyl (C=O) groups excluding carboxylic acids is 1. The van der Waals surface area contributed by atoms with E-state index in [1.165, 1.54) is 29.5 Å². The summed E-state index contributed by atoms with van der Waals surface area (Å²) in [7, 11) is 0. The number of aryl methyl sites for hydroxylation is 2. The SMILES string of the molecule is Cc1ccc(CC(=O)N2CCCC2)c(C)c1. The molecule has 86 valence electrons. The number of likely N-dealkylation sites (tertiary alicyclic amines) is 1. The lowest BCUT2D eigenvalue weighted by molar-refractivity contribution is -0.129. The molecule has 1 heterocycles. The van der Waals surface area contributed by atoms with Crippen LogP contribution in [0.15, 0.2) is 18.2 Å². The van der Waals surface area contributed by atoms with Gasteiger partial charge >= 0.3 is 0 Å². The van der Waals surface area contributed by atoms with Crippen LogP contribution in [0.25, 0.3) is 0 Å². The number of hydrogen-bond donors (Lipinski definition) is 0. The molecule has 0 radical (unpaired) electrons. The van der Waals surface area contributed by atoms with Crippen LogP contribution >= 0.6 is 0 Å². The van der Waals surface area contributed by atoms with E-state index < -0.39 is 0 Å². The summed E-state index contributed by atoms with van der Waals surface area (Å²) in [5.74, 6) is 0.282. The molecular weight excluding hydrogens is 198 g/mol. The van der Waals surface area contributed by atoms with Crippen molar-refractivity contribution in [3.63, 3.8) is 0 Å². The van der Waals surface area contributed by atoms with Crippen molar-refractivity contribution in [2.75, 3.05) is 13.1 Å². The Kier molecular flexibility index (Phi) is 3.28. The number of nitrogens with zero attached hydrogens (tertiary/aromatic N) is 1. The lowest BCUT2D eigenvalue weighted by atomic mass is 10.0. The second kappa shape index (κ2) is 4.69. The van der Waals surface area contributed by atoms with Gasteiger partial charge in [-0.25, -0.2) is 0 Å². The molecule has 1 amide bonds. The first-order valence-corrected chi connectivity index (χ1v) is 6.01. The van der Waals surface area contributed by atoms with Gasteiger partial charge in [0.2, 0.25) is 5.91 Å². The fraction of sp³-hybridized carbons (Fsp3) is 0.500. The molecular formula is C14H19NO. The van der Waals surface area contributed by atoms with Gasteiger partial charge in [-0.1, -0.05) is 23.8 Å². The Morgan fingerprint density at radius 3 is 2.56 bits per heavy atom. The van der Waals surface area contributed by atoms with E-state index in [0.29, 0.717) is 6.42 Å². The summed E-state index contributed by atoms with van der Waals surface area (Å²) in [5.41, 5.74) is 3.66. The molecule has 0 saturated carbocycles. The minimum absolute atomic E-state index is 0.282. The molecule has 0 spiro atoms. The molecule has 2 nitrogen and oxygen atoms in total. The Morgan fingerprint density at radius 1 is 1.25 bits per heavy atom. The highest BCUT2D eigenvalue weighted by Gasteiger charge is 2.18. The highest BCUT2D eigenvalue weighted by Crippen LogP contribution is 2.14. The molecule has 1 saturated heterocycles. The van der Waals surface area contributed by atoms with Gasteiger partial charge in [-0.2, -0.15) is 0 Å². The Morgan fingerprint density at radius 2 is 1.94 bits per heavy atom. The van der Waals surface area contributed by atoms with Crippen LogP contribution in [0.4, 0.5) is 0 Å². The van der Waals surface area contributed by atoms with Gasteiger partial charge in [-0.3, -0.25) is 4.79 Å². The van der Waals surface area contributed by atoms with E-state index in [4.69, 9.17) is 0 Å². The third-order valence-electron chi connectivity index (χ3n) is 3.30.